The van der Waals surface area contributed by atoms with E-state index in [-0.39, 0.29) is 12.0 Å². The van der Waals surface area contributed by atoms with Crippen LogP contribution in [0.1, 0.15) is 52.4 Å². The fraction of sp³-hybridized carbons (Fsp3) is 0.722. The monoisotopic (exact) mass is 291 g/mol. The van der Waals surface area contributed by atoms with Crippen molar-refractivity contribution in [1.82, 2.24) is 0 Å². The minimum Gasteiger partial charge on any atom is -0.466 e. The molecule has 0 heterocycles. The van der Waals surface area contributed by atoms with Crippen molar-refractivity contribution in [2.75, 3.05) is 6.61 Å². The Morgan fingerprint density at radius 2 is 2.14 bits per heavy atom. The van der Waals surface area contributed by atoms with E-state index in [1.807, 2.05) is 6.92 Å². The van der Waals surface area contributed by atoms with Gasteiger partial charge in [0.1, 0.15) is 0 Å². The van der Waals surface area contributed by atoms with Crippen molar-refractivity contribution in [2.45, 2.75) is 58.4 Å². The molecule has 0 saturated heterocycles. The Balaban J connectivity index is 1.88. The number of carbonyl (C=O) groups excluding carboxylic acids is 1. The van der Waals surface area contributed by atoms with Gasteiger partial charge in [0.2, 0.25) is 0 Å². The first-order chi connectivity index (χ1) is 10.1. The van der Waals surface area contributed by atoms with E-state index >= 15 is 0 Å². The smallest absolute Gasteiger partial charge is 0.306 e. The van der Waals surface area contributed by atoms with E-state index in [9.17, 15) is 4.79 Å². The van der Waals surface area contributed by atoms with Gasteiger partial charge in [0, 0.05) is 12.5 Å². The first kappa shape index (κ1) is 16.3. The average Bonchev–Trinajstić information content (AvgIpc) is 2.68. The molecule has 0 aliphatic heterocycles. The molecule has 3 nitrogen and oxygen atoms in total. The van der Waals surface area contributed by atoms with E-state index in [0.29, 0.717) is 30.8 Å². The van der Waals surface area contributed by atoms with E-state index in [1.165, 1.54) is 24.8 Å². The van der Waals surface area contributed by atoms with Crippen LogP contribution in [-0.2, 0) is 9.53 Å². The first-order valence-electron chi connectivity index (χ1n) is 8.41. The third-order valence-corrected chi connectivity index (χ3v) is 4.89. The second-order valence-electron chi connectivity index (χ2n) is 6.54. The van der Waals surface area contributed by atoms with E-state index in [1.54, 1.807) is 0 Å². The number of rotatable bonds is 4. The molecule has 2 N–H and O–H groups in total. The van der Waals surface area contributed by atoms with Crippen molar-refractivity contribution in [2.24, 2.45) is 23.5 Å². The molecule has 0 aromatic heterocycles. The van der Waals surface area contributed by atoms with Gasteiger partial charge in [-0.05, 0) is 55.9 Å². The molecule has 0 radical (unpaired) electrons. The van der Waals surface area contributed by atoms with Crippen LogP contribution < -0.4 is 5.73 Å². The van der Waals surface area contributed by atoms with Crippen molar-refractivity contribution >= 4 is 5.97 Å². The molecule has 0 aromatic rings. The average molecular weight is 291 g/mol. The lowest BCUT2D eigenvalue weighted by Gasteiger charge is -2.24. The Morgan fingerprint density at radius 3 is 2.86 bits per heavy atom. The largest absolute Gasteiger partial charge is 0.466 e. The standard InChI is InChI=1S/C18H29NO2/c1-3-21-18(20)12-14-5-4-6-15(8-7-14)16-9-10-17(19)13(2)11-16/h9-11,13-15,17H,3-8,12,19H2,1-2H3. The fourth-order valence-electron chi connectivity index (χ4n) is 3.51. The number of hydrogen-bond donors (Lipinski definition) is 1. The highest BCUT2D eigenvalue weighted by Crippen LogP contribution is 2.35. The fourth-order valence-corrected chi connectivity index (χ4v) is 3.51. The van der Waals surface area contributed by atoms with Crippen LogP contribution in [0, 0.1) is 17.8 Å². The van der Waals surface area contributed by atoms with Gasteiger partial charge < -0.3 is 10.5 Å². The summed E-state index contributed by atoms with van der Waals surface area (Å²) in [6, 6.07) is 0.163. The predicted octanol–water partition coefficient (Wildman–Crippen LogP) is 3.60. The lowest BCUT2D eigenvalue weighted by atomic mass is 9.84. The van der Waals surface area contributed by atoms with Gasteiger partial charge >= 0.3 is 5.97 Å². The summed E-state index contributed by atoms with van der Waals surface area (Å²) >= 11 is 0. The SMILES string of the molecule is CCOC(=O)CC1CCCC(C2=CC(C)C(N)C=C2)CC1. The molecule has 1 saturated carbocycles. The maximum Gasteiger partial charge on any atom is 0.306 e. The highest BCUT2D eigenvalue weighted by molar-refractivity contribution is 5.69. The van der Waals surface area contributed by atoms with Gasteiger partial charge in [0.15, 0.2) is 0 Å². The number of carbonyl (C=O) groups is 1. The Hall–Kier alpha value is -1.09. The Labute approximate surface area is 128 Å². The normalized spacial score (nSPS) is 33.2. The van der Waals surface area contributed by atoms with Gasteiger partial charge in [-0.2, -0.15) is 0 Å². The van der Waals surface area contributed by atoms with Gasteiger partial charge in [-0.25, -0.2) is 0 Å². The summed E-state index contributed by atoms with van der Waals surface area (Å²) in [4.78, 5) is 11.6. The van der Waals surface area contributed by atoms with Crippen LogP contribution in [0.2, 0.25) is 0 Å². The number of nitrogens with two attached hydrogens (primary N) is 1. The summed E-state index contributed by atoms with van der Waals surface area (Å²) in [5.41, 5.74) is 7.48. The lowest BCUT2D eigenvalue weighted by Crippen LogP contribution is -2.27. The Morgan fingerprint density at radius 1 is 1.33 bits per heavy atom. The van der Waals surface area contributed by atoms with Crippen LogP contribution in [0.4, 0.5) is 0 Å². The third kappa shape index (κ3) is 4.70. The molecule has 2 aliphatic carbocycles. The number of esters is 1. The van der Waals surface area contributed by atoms with E-state index in [4.69, 9.17) is 10.5 Å². The van der Waals surface area contributed by atoms with Crippen molar-refractivity contribution in [1.29, 1.82) is 0 Å². The van der Waals surface area contributed by atoms with Crippen LogP contribution in [-0.4, -0.2) is 18.6 Å². The van der Waals surface area contributed by atoms with Crippen molar-refractivity contribution in [3.8, 4) is 0 Å². The molecule has 0 amide bonds. The molecule has 1 fully saturated rings. The highest BCUT2D eigenvalue weighted by atomic mass is 16.5. The van der Waals surface area contributed by atoms with E-state index in [2.05, 4.69) is 25.2 Å². The van der Waals surface area contributed by atoms with Crippen molar-refractivity contribution < 1.29 is 9.53 Å². The molecule has 3 heteroatoms. The number of ether oxygens (including phenoxy) is 1. The summed E-state index contributed by atoms with van der Waals surface area (Å²) < 4.78 is 5.08. The topological polar surface area (TPSA) is 52.3 Å². The molecular formula is C18H29NO2. The molecular weight excluding hydrogens is 262 g/mol. The number of hydrogen-bond acceptors (Lipinski definition) is 3. The minimum atomic E-state index is -0.0303. The molecule has 0 spiro atoms. The minimum absolute atomic E-state index is 0.0303. The quantitative estimate of drug-likeness (QED) is 0.636. The molecule has 4 unspecified atom stereocenters. The van der Waals surface area contributed by atoms with Gasteiger partial charge in [-0.3, -0.25) is 4.79 Å². The van der Waals surface area contributed by atoms with Crippen LogP contribution >= 0.6 is 0 Å². The Kier molecular flexibility index (Phi) is 6.04. The van der Waals surface area contributed by atoms with Gasteiger partial charge in [-0.1, -0.05) is 31.6 Å². The van der Waals surface area contributed by atoms with Crippen LogP contribution in [0.25, 0.3) is 0 Å². The molecule has 0 bridgehead atoms. The summed E-state index contributed by atoms with van der Waals surface area (Å²) in [6.45, 7) is 4.55. The van der Waals surface area contributed by atoms with Crippen LogP contribution in [0.15, 0.2) is 23.8 Å². The van der Waals surface area contributed by atoms with Crippen molar-refractivity contribution in [3.05, 3.63) is 23.8 Å². The molecule has 4 atom stereocenters. The van der Waals surface area contributed by atoms with Crippen molar-refractivity contribution in [3.63, 3.8) is 0 Å². The summed E-state index contributed by atoms with van der Waals surface area (Å²) in [5.74, 6) is 1.55. The Bertz CT molecular complexity index is 413. The maximum absolute atomic E-state index is 11.6. The van der Waals surface area contributed by atoms with Crippen LogP contribution in [0.3, 0.4) is 0 Å². The highest BCUT2D eigenvalue weighted by Gasteiger charge is 2.24. The van der Waals surface area contributed by atoms with Gasteiger partial charge in [0.25, 0.3) is 0 Å². The zero-order valence-electron chi connectivity index (χ0n) is 13.4. The van der Waals surface area contributed by atoms with E-state index < -0.39 is 0 Å². The lowest BCUT2D eigenvalue weighted by molar-refractivity contribution is -0.144. The molecule has 0 aromatic carbocycles. The number of allylic oxidation sites excluding steroid dienone is 2. The summed E-state index contributed by atoms with van der Waals surface area (Å²) in [5, 5.41) is 0. The van der Waals surface area contributed by atoms with Gasteiger partial charge in [0.05, 0.1) is 6.61 Å². The van der Waals surface area contributed by atoms with E-state index in [0.717, 1.165) is 12.8 Å². The van der Waals surface area contributed by atoms with Gasteiger partial charge in [-0.15, -0.1) is 0 Å². The zero-order valence-corrected chi connectivity index (χ0v) is 13.4. The molecule has 2 aliphatic rings. The summed E-state index contributed by atoms with van der Waals surface area (Å²) in [6.07, 6.45) is 13.2. The molecule has 2 rings (SSSR count). The summed E-state index contributed by atoms with van der Waals surface area (Å²) in [7, 11) is 0. The molecule has 118 valence electrons. The predicted molar refractivity (Wildman–Crippen MR) is 85.7 cm³/mol. The van der Waals surface area contributed by atoms with Crippen LogP contribution in [0.5, 0.6) is 0 Å². The third-order valence-electron chi connectivity index (χ3n) is 4.89. The molecule has 21 heavy (non-hydrogen) atoms. The zero-order chi connectivity index (χ0) is 15.2. The maximum atomic E-state index is 11.6. The second-order valence-corrected chi connectivity index (χ2v) is 6.54. The second kappa shape index (κ2) is 7.79. The first-order valence-corrected chi connectivity index (χ1v) is 8.41.